The van der Waals surface area contributed by atoms with Crippen molar-refractivity contribution in [2.45, 2.75) is 6.92 Å². The lowest BCUT2D eigenvalue weighted by Crippen LogP contribution is -2.14. The second-order valence-electron chi connectivity index (χ2n) is 4.09. The topological polar surface area (TPSA) is 83.6 Å². The van der Waals surface area contributed by atoms with Crippen molar-refractivity contribution in [1.82, 2.24) is 19.9 Å². The first-order valence-electron chi connectivity index (χ1n) is 5.77. The van der Waals surface area contributed by atoms with Crippen LogP contribution in [0.1, 0.15) is 15.9 Å². The predicted molar refractivity (Wildman–Crippen MR) is 70.8 cm³/mol. The Morgan fingerprint density at radius 3 is 2.89 bits per heavy atom. The summed E-state index contributed by atoms with van der Waals surface area (Å²) in [6, 6.07) is 7.38. The van der Waals surface area contributed by atoms with Gasteiger partial charge in [-0.3, -0.25) is 4.79 Å². The molecule has 1 aromatic carbocycles. The third-order valence-electron chi connectivity index (χ3n) is 2.84. The van der Waals surface area contributed by atoms with Crippen LogP contribution >= 0.6 is 0 Å². The van der Waals surface area contributed by atoms with Gasteiger partial charge in [0.2, 0.25) is 0 Å². The van der Waals surface area contributed by atoms with Crippen molar-refractivity contribution in [3.05, 3.63) is 48.0 Å². The molecule has 94 valence electrons. The molecular weight excluding hydrogens is 242 g/mol. The van der Waals surface area contributed by atoms with E-state index in [0.29, 0.717) is 22.5 Å². The first-order valence-corrected chi connectivity index (χ1v) is 5.77. The fourth-order valence-electron chi connectivity index (χ4n) is 1.86. The van der Waals surface area contributed by atoms with Gasteiger partial charge in [0.15, 0.2) is 11.5 Å². The molecule has 0 saturated heterocycles. The molecule has 3 rings (SSSR count). The molecule has 2 aromatic heterocycles. The predicted octanol–water partition coefficient (Wildman–Crippen LogP) is 1.91. The van der Waals surface area contributed by atoms with Crippen LogP contribution in [0.15, 0.2) is 36.9 Å². The van der Waals surface area contributed by atoms with Crippen molar-refractivity contribution >= 4 is 22.9 Å². The van der Waals surface area contributed by atoms with Crippen LogP contribution in [0.2, 0.25) is 0 Å². The zero-order valence-electron chi connectivity index (χ0n) is 10.2. The van der Waals surface area contributed by atoms with Gasteiger partial charge in [0.25, 0.3) is 5.91 Å². The zero-order chi connectivity index (χ0) is 13.2. The van der Waals surface area contributed by atoms with Gasteiger partial charge in [0.05, 0.1) is 6.33 Å². The number of benzene rings is 1. The van der Waals surface area contributed by atoms with E-state index in [-0.39, 0.29) is 5.91 Å². The average molecular weight is 253 g/mol. The van der Waals surface area contributed by atoms with Gasteiger partial charge in [-0.25, -0.2) is 15.0 Å². The molecule has 0 spiro atoms. The maximum atomic E-state index is 12.2. The Bertz CT molecular complexity index is 749. The molecule has 0 saturated carbocycles. The highest BCUT2D eigenvalue weighted by molar-refractivity contribution is 6.07. The van der Waals surface area contributed by atoms with Crippen LogP contribution < -0.4 is 5.32 Å². The number of aryl methyl sites for hydroxylation is 1. The highest BCUT2D eigenvalue weighted by Crippen LogP contribution is 2.16. The van der Waals surface area contributed by atoms with Gasteiger partial charge < -0.3 is 10.3 Å². The van der Waals surface area contributed by atoms with Crippen LogP contribution in [0.25, 0.3) is 11.2 Å². The molecular formula is C13H11N5O. The van der Waals surface area contributed by atoms with E-state index in [0.717, 1.165) is 5.56 Å². The van der Waals surface area contributed by atoms with Gasteiger partial charge >= 0.3 is 0 Å². The SMILES string of the molecule is Cc1ccccc1C(=O)Nc1ncnc2nc[nH]c12. The molecule has 1 amide bonds. The lowest BCUT2D eigenvalue weighted by molar-refractivity contribution is 0.102. The monoisotopic (exact) mass is 253 g/mol. The van der Waals surface area contributed by atoms with Gasteiger partial charge in [-0.1, -0.05) is 18.2 Å². The summed E-state index contributed by atoms with van der Waals surface area (Å²) >= 11 is 0. The minimum Gasteiger partial charge on any atom is -0.340 e. The quantitative estimate of drug-likeness (QED) is 0.730. The molecule has 0 unspecified atom stereocenters. The van der Waals surface area contributed by atoms with E-state index in [1.807, 2.05) is 25.1 Å². The molecule has 2 N–H and O–H groups in total. The van der Waals surface area contributed by atoms with Gasteiger partial charge in [-0.05, 0) is 18.6 Å². The number of imidazole rings is 1. The summed E-state index contributed by atoms with van der Waals surface area (Å²) in [6.45, 7) is 1.89. The number of H-pyrrole nitrogens is 1. The fraction of sp³-hybridized carbons (Fsp3) is 0.0769. The summed E-state index contributed by atoms with van der Waals surface area (Å²) in [5, 5.41) is 2.77. The summed E-state index contributed by atoms with van der Waals surface area (Å²) in [4.78, 5) is 27.2. The van der Waals surface area contributed by atoms with Crippen LogP contribution in [0, 0.1) is 6.92 Å². The molecule has 0 fully saturated rings. The number of aromatic nitrogens is 4. The molecule has 3 aromatic rings. The normalized spacial score (nSPS) is 10.6. The van der Waals surface area contributed by atoms with E-state index in [9.17, 15) is 4.79 Å². The number of amides is 1. The third-order valence-corrected chi connectivity index (χ3v) is 2.84. The minimum atomic E-state index is -0.201. The number of hydrogen-bond acceptors (Lipinski definition) is 4. The Kier molecular flexibility index (Phi) is 2.68. The number of carbonyl (C=O) groups is 1. The van der Waals surface area contributed by atoms with Crippen molar-refractivity contribution in [2.75, 3.05) is 5.32 Å². The molecule has 2 heterocycles. The van der Waals surface area contributed by atoms with E-state index in [4.69, 9.17) is 0 Å². The van der Waals surface area contributed by atoms with E-state index >= 15 is 0 Å². The van der Waals surface area contributed by atoms with Gasteiger partial charge in [0.1, 0.15) is 11.8 Å². The Morgan fingerprint density at radius 1 is 1.21 bits per heavy atom. The minimum absolute atomic E-state index is 0.201. The Labute approximate surface area is 108 Å². The van der Waals surface area contributed by atoms with E-state index in [1.54, 1.807) is 6.07 Å². The lowest BCUT2D eigenvalue weighted by atomic mass is 10.1. The fourth-order valence-corrected chi connectivity index (χ4v) is 1.86. The van der Waals surface area contributed by atoms with Crippen LogP contribution in [-0.2, 0) is 0 Å². The number of carbonyl (C=O) groups excluding carboxylic acids is 1. The standard InChI is InChI=1S/C13H11N5O/c1-8-4-2-3-5-9(8)13(19)18-12-10-11(15-6-14-10)16-7-17-12/h2-7H,1H3,(H2,14,15,16,17,18,19). The van der Waals surface area contributed by atoms with Gasteiger partial charge in [-0.15, -0.1) is 0 Å². The second kappa shape index (κ2) is 4.49. The smallest absolute Gasteiger partial charge is 0.257 e. The van der Waals surface area contributed by atoms with Crippen LogP contribution in [0.3, 0.4) is 0 Å². The van der Waals surface area contributed by atoms with Crippen molar-refractivity contribution in [3.8, 4) is 0 Å². The van der Waals surface area contributed by atoms with Crippen LogP contribution in [0.4, 0.5) is 5.82 Å². The maximum Gasteiger partial charge on any atom is 0.257 e. The summed E-state index contributed by atoms with van der Waals surface area (Å²) in [5.41, 5.74) is 2.67. The Balaban J connectivity index is 1.95. The number of nitrogens with one attached hydrogen (secondary N) is 2. The number of nitrogens with zero attached hydrogens (tertiary/aromatic N) is 3. The molecule has 0 radical (unpaired) electrons. The number of anilines is 1. The summed E-state index contributed by atoms with van der Waals surface area (Å²) in [6.07, 6.45) is 2.89. The number of rotatable bonds is 2. The van der Waals surface area contributed by atoms with Crippen LogP contribution in [-0.4, -0.2) is 25.8 Å². The first-order chi connectivity index (χ1) is 9.25. The molecule has 0 aliphatic rings. The number of aromatic amines is 1. The zero-order valence-corrected chi connectivity index (χ0v) is 10.2. The van der Waals surface area contributed by atoms with Crippen molar-refractivity contribution in [3.63, 3.8) is 0 Å². The Morgan fingerprint density at radius 2 is 2.05 bits per heavy atom. The lowest BCUT2D eigenvalue weighted by Gasteiger charge is -2.06. The molecule has 0 bridgehead atoms. The van der Waals surface area contributed by atoms with Crippen molar-refractivity contribution in [1.29, 1.82) is 0 Å². The molecule has 0 aliphatic heterocycles. The van der Waals surface area contributed by atoms with E-state index in [2.05, 4.69) is 25.3 Å². The summed E-state index contributed by atoms with van der Waals surface area (Å²) in [5.74, 6) is 0.225. The largest absolute Gasteiger partial charge is 0.340 e. The van der Waals surface area contributed by atoms with E-state index < -0.39 is 0 Å². The van der Waals surface area contributed by atoms with Gasteiger partial charge in [-0.2, -0.15) is 0 Å². The van der Waals surface area contributed by atoms with E-state index in [1.165, 1.54) is 12.7 Å². The Hall–Kier alpha value is -2.76. The second-order valence-corrected chi connectivity index (χ2v) is 4.09. The van der Waals surface area contributed by atoms with Crippen molar-refractivity contribution < 1.29 is 4.79 Å². The highest BCUT2D eigenvalue weighted by atomic mass is 16.1. The number of hydrogen-bond donors (Lipinski definition) is 2. The molecule has 6 heteroatoms. The highest BCUT2D eigenvalue weighted by Gasteiger charge is 2.12. The van der Waals surface area contributed by atoms with Crippen LogP contribution in [0.5, 0.6) is 0 Å². The maximum absolute atomic E-state index is 12.2. The molecule has 0 aliphatic carbocycles. The number of fused-ring (bicyclic) bond motifs is 1. The van der Waals surface area contributed by atoms with Gasteiger partial charge in [0, 0.05) is 5.56 Å². The summed E-state index contributed by atoms with van der Waals surface area (Å²) in [7, 11) is 0. The molecule has 6 nitrogen and oxygen atoms in total. The molecule has 0 atom stereocenters. The average Bonchev–Trinajstić information content (AvgIpc) is 2.88. The third kappa shape index (κ3) is 2.03. The molecule has 19 heavy (non-hydrogen) atoms. The summed E-state index contributed by atoms with van der Waals surface area (Å²) < 4.78 is 0. The first kappa shape index (κ1) is 11.3. The van der Waals surface area contributed by atoms with Crippen molar-refractivity contribution in [2.24, 2.45) is 0 Å².